The molecule has 0 fully saturated rings. The first-order valence-electron chi connectivity index (χ1n) is 5.89. The maximum absolute atomic E-state index is 9.02. The van der Waals surface area contributed by atoms with E-state index in [2.05, 4.69) is 25.1 Å². The number of aliphatic hydroxyl groups excluding tert-OH is 1. The highest BCUT2D eigenvalue weighted by molar-refractivity contribution is 5.70. The summed E-state index contributed by atoms with van der Waals surface area (Å²) in [6, 6.07) is 8.08. The Labute approximate surface area is 102 Å². The van der Waals surface area contributed by atoms with Crippen molar-refractivity contribution < 1.29 is 9.84 Å². The Balaban J connectivity index is 2.26. The Kier molecular flexibility index (Phi) is 3.64. The predicted molar refractivity (Wildman–Crippen MR) is 69.2 cm³/mol. The molecule has 1 atom stereocenters. The minimum Gasteiger partial charge on any atom is -0.501 e. The van der Waals surface area contributed by atoms with Crippen LogP contribution in [-0.4, -0.2) is 12.2 Å². The summed E-state index contributed by atoms with van der Waals surface area (Å²) < 4.78 is 5.27. The lowest BCUT2D eigenvalue weighted by molar-refractivity contribution is 0.268. The van der Waals surface area contributed by atoms with E-state index in [0.717, 1.165) is 17.7 Å². The van der Waals surface area contributed by atoms with E-state index in [9.17, 15) is 0 Å². The van der Waals surface area contributed by atoms with E-state index in [1.807, 2.05) is 18.2 Å². The van der Waals surface area contributed by atoms with Crippen molar-refractivity contribution in [3.8, 4) is 0 Å². The Hall–Kier alpha value is -1.54. The molecular formula is C15H18O2. The van der Waals surface area contributed by atoms with Crippen molar-refractivity contribution in [1.82, 2.24) is 0 Å². The molecule has 0 amide bonds. The van der Waals surface area contributed by atoms with Crippen LogP contribution in [0.25, 0.3) is 5.57 Å². The maximum atomic E-state index is 9.02. The summed E-state index contributed by atoms with van der Waals surface area (Å²) in [5.74, 6) is 1.50. The summed E-state index contributed by atoms with van der Waals surface area (Å²) in [6.45, 7) is 2.31. The standard InChI is InChI=1S/C15H18O2/c1-11-9-14(17-2)7-8-15(11)13-5-3-12(10-16)4-6-13/h3-8,11,16H,9-10H2,1-2H3. The van der Waals surface area contributed by atoms with Gasteiger partial charge in [-0.25, -0.2) is 0 Å². The molecule has 1 aromatic rings. The van der Waals surface area contributed by atoms with Gasteiger partial charge in [0.05, 0.1) is 19.5 Å². The summed E-state index contributed by atoms with van der Waals surface area (Å²) in [5.41, 5.74) is 3.50. The lowest BCUT2D eigenvalue weighted by Crippen LogP contribution is -2.06. The minimum absolute atomic E-state index is 0.0998. The van der Waals surface area contributed by atoms with Gasteiger partial charge in [-0.2, -0.15) is 0 Å². The third-order valence-corrected chi connectivity index (χ3v) is 3.22. The van der Waals surface area contributed by atoms with Gasteiger partial charge in [0, 0.05) is 6.42 Å². The summed E-state index contributed by atoms with van der Waals surface area (Å²) in [5, 5.41) is 9.02. The molecule has 0 radical (unpaired) electrons. The monoisotopic (exact) mass is 230 g/mol. The highest BCUT2D eigenvalue weighted by Gasteiger charge is 2.16. The van der Waals surface area contributed by atoms with Crippen molar-refractivity contribution in [3.05, 3.63) is 53.3 Å². The molecule has 1 aliphatic rings. The van der Waals surface area contributed by atoms with Crippen LogP contribution in [0.4, 0.5) is 0 Å². The number of hydrogen-bond donors (Lipinski definition) is 1. The molecule has 0 aromatic heterocycles. The average Bonchev–Trinajstić information content (AvgIpc) is 2.39. The zero-order valence-corrected chi connectivity index (χ0v) is 10.3. The van der Waals surface area contributed by atoms with Crippen molar-refractivity contribution in [2.75, 3.05) is 7.11 Å². The van der Waals surface area contributed by atoms with Gasteiger partial charge in [-0.1, -0.05) is 37.3 Å². The van der Waals surface area contributed by atoms with Crippen LogP contribution in [0.1, 0.15) is 24.5 Å². The summed E-state index contributed by atoms with van der Waals surface area (Å²) in [4.78, 5) is 0. The molecule has 0 saturated heterocycles. The van der Waals surface area contributed by atoms with E-state index in [0.29, 0.717) is 5.92 Å². The van der Waals surface area contributed by atoms with Gasteiger partial charge in [0.15, 0.2) is 0 Å². The number of hydrogen-bond acceptors (Lipinski definition) is 2. The molecule has 1 aliphatic carbocycles. The van der Waals surface area contributed by atoms with Gasteiger partial charge in [-0.3, -0.25) is 0 Å². The first-order valence-corrected chi connectivity index (χ1v) is 5.89. The van der Waals surface area contributed by atoms with Gasteiger partial charge in [-0.15, -0.1) is 0 Å². The quantitative estimate of drug-likeness (QED) is 0.864. The molecule has 0 aliphatic heterocycles. The summed E-state index contributed by atoms with van der Waals surface area (Å²) >= 11 is 0. The Morgan fingerprint density at radius 3 is 2.47 bits per heavy atom. The van der Waals surface area contributed by atoms with Crippen molar-refractivity contribution in [2.45, 2.75) is 20.0 Å². The molecule has 2 rings (SSSR count). The fourth-order valence-electron chi connectivity index (χ4n) is 2.16. The molecule has 0 heterocycles. The molecule has 1 N–H and O–H groups in total. The number of aliphatic hydroxyl groups is 1. The van der Waals surface area contributed by atoms with Crippen LogP contribution >= 0.6 is 0 Å². The van der Waals surface area contributed by atoms with E-state index < -0.39 is 0 Å². The second-order valence-corrected chi connectivity index (χ2v) is 4.42. The van der Waals surface area contributed by atoms with Crippen LogP contribution in [0.5, 0.6) is 0 Å². The summed E-state index contributed by atoms with van der Waals surface area (Å²) in [7, 11) is 1.72. The maximum Gasteiger partial charge on any atom is 0.0961 e. The Bertz CT molecular complexity index is 440. The zero-order chi connectivity index (χ0) is 12.3. The third kappa shape index (κ3) is 2.59. The van der Waals surface area contributed by atoms with Crippen LogP contribution in [-0.2, 0) is 11.3 Å². The first kappa shape index (κ1) is 11.9. The van der Waals surface area contributed by atoms with E-state index in [1.54, 1.807) is 7.11 Å². The molecule has 0 saturated carbocycles. The van der Waals surface area contributed by atoms with Gasteiger partial charge in [0.2, 0.25) is 0 Å². The molecular weight excluding hydrogens is 212 g/mol. The number of allylic oxidation sites excluding steroid dienone is 4. The van der Waals surface area contributed by atoms with Crippen LogP contribution in [0.2, 0.25) is 0 Å². The van der Waals surface area contributed by atoms with Gasteiger partial charge in [-0.05, 0) is 28.7 Å². The SMILES string of the molecule is COC1=CC=C(c2ccc(CO)cc2)C(C)C1. The zero-order valence-electron chi connectivity index (χ0n) is 10.3. The lowest BCUT2D eigenvalue weighted by atomic mass is 9.87. The lowest BCUT2D eigenvalue weighted by Gasteiger charge is -2.21. The van der Waals surface area contributed by atoms with Crippen LogP contribution < -0.4 is 0 Å². The highest BCUT2D eigenvalue weighted by atomic mass is 16.5. The number of rotatable bonds is 3. The highest BCUT2D eigenvalue weighted by Crippen LogP contribution is 2.32. The minimum atomic E-state index is 0.0998. The molecule has 0 spiro atoms. The van der Waals surface area contributed by atoms with E-state index in [1.165, 1.54) is 11.1 Å². The molecule has 2 nitrogen and oxygen atoms in total. The van der Waals surface area contributed by atoms with Crippen LogP contribution in [0, 0.1) is 5.92 Å². The van der Waals surface area contributed by atoms with Crippen molar-refractivity contribution in [3.63, 3.8) is 0 Å². The van der Waals surface area contributed by atoms with Crippen LogP contribution in [0.3, 0.4) is 0 Å². The summed E-state index contributed by atoms with van der Waals surface area (Å²) in [6.07, 6.45) is 5.11. The number of ether oxygens (including phenoxy) is 1. The predicted octanol–water partition coefficient (Wildman–Crippen LogP) is 3.13. The second-order valence-electron chi connectivity index (χ2n) is 4.42. The molecule has 1 unspecified atom stereocenters. The van der Waals surface area contributed by atoms with Crippen molar-refractivity contribution in [1.29, 1.82) is 0 Å². The molecule has 2 heteroatoms. The second kappa shape index (κ2) is 5.19. The molecule has 17 heavy (non-hydrogen) atoms. The molecule has 0 bridgehead atoms. The normalized spacial score (nSPS) is 19.6. The largest absolute Gasteiger partial charge is 0.501 e. The van der Waals surface area contributed by atoms with Gasteiger partial charge in [0.25, 0.3) is 0 Å². The fraction of sp³-hybridized carbons (Fsp3) is 0.333. The van der Waals surface area contributed by atoms with Crippen LogP contribution in [0.15, 0.2) is 42.2 Å². The van der Waals surface area contributed by atoms with E-state index in [4.69, 9.17) is 9.84 Å². The molecule has 90 valence electrons. The van der Waals surface area contributed by atoms with Crippen molar-refractivity contribution >= 4 is 5.57 Å². The van der Waals surface area contributed by atoms with Gasteiger partial charge >= 0.3 is 0 Å². The Morgan fingerprint density at radius 1 is 1.24 bits per heavy atom. The van der Waals surface area contributed by atoms with E-state index >= 15 is 0 Å². The topological polar surface area (TPSA) is 29.5 Å². The number of methoxy groups -OCH3 is 1. The van der Waals surface area contributed by atoms with E-state index in [-0.39, 0.29) is 6.61 Å². The smallest absolute Gasteiger partial charge is 0.0961 e. The Morgan fingerprint density at radius 2 is 1.94 bits per heavy atom. The third-order valence-electron chi connectivity index (χ3n) is 3.22. The number of benzene rings is 1. The first-order chi connectivity index (χ1) is 8.24. The van der Waals surface area contributed by atoms with Crippen molar-refractivity contribution in [2.24, 2.45) is 5.92 Å². The molecule has 1 aromatic carbocycles. The fourth-order valence-corrected chi connectivity index (χ4v) is 2.16. The van der Waals surface area contributed by atoms with Gasteiger partial charge in [0.1, 0.15) is 0 Å². The average molecular weight is 230 g/mol. The van der Waals surface area contributed by atoms with Gasteiger partial charge < -0.3 is 9.84 Å².